The van der Waals surface area contributed by atoms with Crippen LogP contribution < -0.4 is 14.4 Å². The molecule has 0 saturated carbocycles. The molecule has 2 aliphatic rings. The van der Waals surface area contributed by atoms with Gasteiger partial charge in [-0.3, -0.25) is 4.90 Å². The minimum atomic E-state index is 0.696. The lowest BCUT2D eigenvalue weighted by molar-refractivity contribution is 0.0376. The third kappa shape index (κ3) is 5.25. The summed E-state index contributed by atoms with van der Waals surface area (Å²) in [5, 5.41) is 1.26. The molecule has 0 spiro atoms. The Hall–Kier alpha value is -2.42. The molecule has 1 aliphatic carbocycles. The van der Waals surface area contributed by atoms with E-state index >= 15 is 0 Å². The summed E-state index contributed by atoms with van der Waals surface area (Å²) in [5.41, 5.74) is 2.57. The average molecular weight is 497 g/mol. The van der Waals surface area contributed by atoms with Gasteiger partial charge in [-0.1, -0.05) is 19.1 Å². The van der Waals surface area contributed by atoms with Crippen LogP contribution in [0.15, 0.2) is 24.5 Å². The number of fused-ring (bicyclic) bond motifs is 3. The van der Waals surface area contributed by atoms with Crippen LogP contribution in [0.3, 0.4) is 0 Å². The Bertz CT molecular complexity index is 1140. The summed E-state index contributed by atoms with van der Waals surface area (Å²) >= 11 is 1.86. The summed E-state index contributed by atoms with van der Waals surface area (Å²) in [6, 6.07) is 6.11. The molecule has 2 aromatic heterocycles. The summed E-state index contributed by atoms with van der Waals surface area (Å²) in [5.74, 6) is 3.29. The number of para-hydroxylation sites is 1. The summed E-state index contributed by atoms with van der Waals surface area (Å²) in [7, 11) is 3.40. The molecule has 1 aromatic carbocycles. The topological polar surface area (TPSA) is 60.0 Å². The van der Waals surface area contributed by atoms with Crippen molar-refractivity contribution < 1.29 is 14.2 Å². The normalized spacial score (nSPS) is 18.4. The lowest BCUT2D eigenvalue weighted by atomic mass is 9.88. The van der Waals surface area contributed by atoms with E-state index in [1.54, 1.807) is 20.5 Å². The molecule has 1 saturated heterocycles. The zero-order valence-corrected chi connectivity index (χ0v) is 21.9. The van der Waals surface area contributed by atoms with Gasteiger partial charge in [-0.2, -0.15) is 0 Å². The highest BCUT2D eigenvalue weighted by Gasteiger charge is 2.26. The second kappa shape index (κ2) is 11.1. The van der Waals surface area contributed by atoms with E-state index in [2.05, 4.69) is 22.8 Å². The Balaban J connectivity index is 1.49. The first-order valence-corrected chi connectivity index (χ1v) is 13.5. The number of rotatable bonds is 9. The van der Waals surface area contributed by atoms with Gasteiger partial charge in [0.2, 0.25) is 0 Å². The summed E-state index contributed by atoms with van der Waals surface area (Å²) in [6.45, 7) is 8.71. The van der Waals surface area contributed by atoms with Crippen molar-refractivity contribution in [2.75, 3.05) is 58.5 Å². The molecule has 7 nitrogen and oxygen atoms in total. The molecular weight excluding hydrogens is 460 g/mol. The van der Waals surface area contributed by atoms with Crippen LogP contribution in [0.1, 0.15) is 35.8 Å². The van der Waals surface area contributed by atoms with Crippen molar-refractivity contribution >= 4 is 27.4 Å². The first-order chi connectivity index (χ1) is 17.2. The molecule has 0 radical (unpaired) electrons. The van der Waals surface area contributed by atoms with E-state index < -0.39 is 0 Å². The molecule has 1 atom stereocenters. The second-order valence-electron chi connectivity index (χ2n) is 9.61. The van der Waals surface area contributed by atoms with Gasteiger partial charge in [0.1, 0.15) is 17.0 Å². The third-order valence-corrected chi connectivity index (χ3v) is 8.42. The molecule has 35 heavy (non-hydrogen) atoms. The van der Waals surface area contributed by atoms with Crippen LogP contribution in [0.4, 0.5) is 5.82 Å². The van der Waals surface area contributed by atoms with Crippen molar-refractivity contribution in [3.05, 3.63) is 40.5 Å². The van der Waals surface area contributed by atoms with E-state index in [0.717, 1.165) is 86.4 Å². The van der Waals surface area contributed by atoms with Gasteiger partial charge in [0.15, 0.2) is 11.5 Å². The van der Waals surface area contributed by atoms with Crippen molar-refractivity contribution in [2.45, 2.75) is 39.2 Å². The van der Waals surface area contributed by atoms with Crippen molar-refractivity contribution in [3.8, 4) is 11.5 Å². The molecule has 1 fully saturated rings. The van der Waals surface area contributed by atoms with Crippen LogP contribution in [-0.4, -0.2) is 68.5 Å². The van der Waals surface area contributed by atoms with Gasteiger partial charge in [0.25, 0.3) is 0 Å². The van der Waals surface area contributed by atoms with E-state index in [-0.39, 0.29) is 0 Å². The molecule has 8 heteroatoms. The molecule has 188 valence electrons. The molecule has 1 unspecified atom stereocenters. The lowest BCUT2D eigenvalue weighted by Crippen LogP contribution is -2.38. The van der Waals surface area contributed by atoms with Crippen molar-refractivity contribution in [2.24, 2.45) is 5.92 Å². The van der Waals surface area contributed by atoms with Crippen molar-refractivity contribution in [3.63, 3.8) is 0 Å². The van der Waals surface area contributed by atoms with Crippen LogP contribution >= 0.6 is 11.3 Å². The molecule has 3 aromatic rings. The Kier molecular flexibility index (Phi) is 7.70. The van der Waals surface area contributed by atoms with E-state index in [0.29, 0.717) is 12.5 Å². The van der Waals surface area contributed by atoms with Gasteiger partial charge in [-0.15, -0.1) is 11.3 Å². The van der Waals surface area contributed by atoms with Crippen LogP contribution in [0.5, 0.6) is 11.5 Å². The summed E-state index contributed by atoms with van der Waals surface area (Å²) < 4.78 is 16.9. The molecule has 3 heterocycles. The predicted octanol–water partition coefficient (Wildman–Crippen LogP) is 4.56. The van der Waals surface area contributed by atoms with Gasteiger partial charge >= 0.3 is 0 Å². The summed E-state index contributed by atoms with van der Waals surface area (Å²) in [6.07, 6.45) is 6.31. The van der Waals surface area contributed by atoms with Crippen LogP contribution in [0.25, 0.3) is 10.2 Å². The van der Waals surface area contributed by atoms with E-state index in [1.807, 2.05) is 23.5 Å². The molecule has 0 bridgehead atoms. The summed E-state index contributed by atoms with van der Waals surface area (Å²) in [4.78, 5) is 17.1. The van der Waals surface area contributed by atoms with E-state index in [4.69, 9.17) is 24.2 Å². The van der Waals surface area contributed by atoms with Crippen LogP contribution in [0.2, 0.25) is 0 Å². The minimum Gasteiger partial charge on any atom is -0.493 e. The molecule has 0 N–H and O–H groups in total. The molecule has 5 rings (SSSR count). The number of methoxy groups -OCH3 is 2. The fraction of sp³-hybridized carbons (Fsp3) is 0.556. The fourth-order valence-electron chi connectivity index (χ4n) is 5.36. The number of thiophene rings is 1. The van der Waals surface area contributed by atoms with Gasteiger partial charge in [0, 0.05) is 43.2 Å². The molecule has 0 amide bonds. The SMILES string of the molecule is COc1cccc(CN(CCCN2CCOCC2)c2ncnc3sc4c(c23)CC(C)CC4)c1OC. The number of hydrogen-bond donors (Lipinski definition) is 0. The van der Waals surface area contributed by atoms with Gasteiger partial charge in [-0.05, 0) is 43.2 Å². The maximum atomic E-state index is 5.78. The van der Waals surface area contributed by atoms with Gasteiger partial charge < -0.3 is 19.1 Å². The Labute approximate surface area is 212 Å². The number of aryl methyl sites for hydroxylation is 1. The number of anilines is 1. The Morgan fingerprint density at radius 3 is 2.83 bits per heavy atom. The highest BCUT2D eigenvalue weighted by molar-refractivity contribution is 7.19. The van der Waals surface area contributed by atoms with Gasteiger partial charge in [0.05, 0.1) is 32.8 Å². The fourth-order valence-corrected chi connectivity index (χ4v) is 6.54. The minimum absolute atomic E-state index is 0.696. The first-order valence-electron chi connectivity index (χ1n) is 12.7. The quantitative estimate of drug-likeness (QED) is 0.430. The lowest BCUT2D eigenvalue weighted by Gasteiger charge is -2.30. The number of ether oxygens (including phenoxy) is 3. The zero-order valence-electron chi connectivity index (χ0n) is 21.1. The highest BCUT2D eigenvalue weighted by Crippen LogP contribution is 2.41. The van der Waals surface area contributed by atoms with Gasteiger partial charge in [-0.25, -0.2) is 9.97 Å². The standard InChI is InChI=1S/C27H36N4O3S/c1-19-8-9-23-21(16-19)24-26(28-18-29-27(24)35-23)31(11-5-10-30-12-14-34-15-13-30)17-20-6-4-7-22(32-2)25(20)33-3/h4,6-7,18-19H,5,8-17H2,1-3H3. The van der Waals surface area contributed by atoms with Crippen molar-refractivity contribution in [1.82, 2.24) is 14.9 Å². The number of morpholine rings is 1. The Morgan fingerprint density at radius 1 is 1.17 bits per heavy atom. The van der Waals surface area contributed by atoms with Crippen LogP contribution in [0, 0.1) is 5.92 Å². The van der Waals surface area contributed by atoms with Crippen LogP contribution in [-0.2, 0) is 24.1 Å². The number of nitrogens with zero attached hydrogens (tertiary/aromatic N) is 4. The molecular formula is C27H36N4O3S. The number of aromatic nitrogens is 2. The monoisotopic (exact) mass is 496 g/mol. The second-order valence-corrected chi connectivity index (χ2v) is 10.7. The smallest absolute Gasteiger partial charge is 0.165 e. The first kappa shape index (κ1) is 24.3. The third-order valence-electron chi connectivity index (χ3n) is 7.22. The maximum absolute atomic E-state index is 5.78. The average Bonchev–Trinajstić information content (AvgIpc) is 3.26. The highest BCUT2D eigenvalue weighted by atomic mass is 32.1. The number of hydrogen-bond acceptors (Lipinski definition) is 8. The Morgan fingerprint density at radius 2 is 2.03 bits per heavy atom. The van der Waals surface area contributed by atoms with E-state index in [9.17, 15) is 0 Å². The predicted molar refractivity (Wildman–Crippen MR) is 141 cm³/mol. The van der Waals surface area contributed by atoms with E-state index in [1.165, 1.54) is 22.2 Å². The molecule has 1 aliphatic heterocycles. The van der Waals surface area contributed by atoms with Crippen molar-refractivity contribution in [1.29, 1.82) is 0 Å². The maximum Gasteiger partial charge on any atom is 0.165 e. The zero-order chi connectivity index (χ0) is 24.2. The number of benzene rings is 1. The largest absolute Gasteiger partial charge is 0.493 e.